The highest BCUT2D eigenvalue weighted by molar-refractivity contribution is 7.09. The minimum Gasteiger partial charge on any atom is -0.328 e. The van der Waals surface area contributed by atoms with Crippen LogP contribution in [0.25, 0.3) is 0 Å². The number of thiazole rings is 1. The molecule has 2 N–H and O–H groups in total. The zero-order chi connectivity index (χ0) is 11.4. The molecule has 2 rings (SSSR count). The van der Waals surface area contributed by atoms with Crippen molar-refractivity contribution in [2.45, 2.75) is 25.3 Å². The molecule has 1 aromatic heterocycles. The van der Waals surface area contributed by atoms with Crippen molar-refractivity contribution in [2.75, 3.05) is 19.6 Å². The summed E-state index contributed by atoms with van der Waals surface area (Å²) in [5.41, 5.74) is 7.59. The third-order valence-electron chi connectivity index (χ3n) is 2.89. The number of piperidine rings is 1. The van der Waals surface area contributed by atoms with Crippen LogP contribution in [0.1, 0.15) is 17.7 Å². The maximum atomic E-state index is 11.8. The quantitative estimate of drug-likeness (QED) is 0.839. The lowest BCUT2D eigenvalue weighted by atomic mass is 10.1. The average Bonchev–Trinajstić information content (AvgIpc) is 2.74. The summed E-state index contributed by atoms with van der Waals surface area (Å²) in [5.74, 6) is 0.278. The van der Waals surface area contributed by atoms with Gasteiger partial charge in [-0.3, -0.25) is 14.7 Å². The van der Waals surface area contributed by atoms with E-state index in [-0.39, 0.29) is 5.78 Å². The predicted octanol–water partition coefficient (Wildman–Crippen LogP) is 0.678. The molecule has 0 aliphatic carbocycles. The van der Waals surface area contributed by atoms with Crippen LogP contribution in [0.3, 0.4) is 0 Å². The topological polar surface area (TPSA) is 59.2 Å². The minimum absolute atomic E-state index is 0.278. The van der Waals surface area contributed by atoms with Crippen molar-refractivity contribution in [1.82, 2.24) is 9.88 Å². The number of carbonyl (C=O) groups excluding carboxylic acids is 1. The fourth-order valence-electron chi connectivity index (χ4n) is 1.94. The zero-order valence-electron chi connectivity index (χ0n) is 9.26. The molecule has 1 aliphatic heterocycles. The number of aromatic nitrogens is 1. The summed E-state index contributed by atoms with van der Waals surface area (Å²) in [5, 5.41) is 0. The Labute approximate surface area is 99.5 Å². The molecule has 2 heterocycles. The maximum absolute atomic E-state index is 11.8. The monoisotopic (exact) mass is 239 g/mol. The number of hydrogen-bond acceptors (Lipinski definition) is 5. The molecule has 1 aliphatic rings. The van der Waals surface area contributed by atoms with Gasteiger partial charge in [-0.05, 0) is 12.8 Å². The molecule has 0 amide bonds. The van der Waals surface area contributed by atoms with Crippen molar-refractivity contribution in [3.63, 3.8) is 0 Å². The van der Waals surface area contributed by atoms with Crippen LogP contribution in [0.4, 0.5) is 0 Å². The van der Waals surface area contributed by atoms with E-state index in [0.29, 0.717) is 19.0 Å². The molecule has 1 fully saturated rings. The van der Waals surface area contributed by atoms with E-state index in [4.69, 9.17) is 5.73 Å². The van der Waals surface area contributed by atoms with Crippen LogP contribution in [0.5, 0.6) is 0 Å². The van der Waals surface area contributed by atoms with Crippen molar-refractivity contribution < 1.29 is 4.79 Å². The van der Waals surface area contributed by atoms with Gasteiger partial charge in [0.25, 0.3) is 0 Å². The van der Waals surface area contributed by atoms with Gasteiger partial charge < -0.3 is 5.73 Å². The van der Waals surface area contributed by atoms with Crippen LogP contribution in [0.15, 0.2) is 11.7 Å². The van der Waals surface area contributed by atoms with E-state index in [9.17, 15) is 4.79 Å². The average molecular weight is 239 g/mol. The Kier molecular flexibility index (Phi) is 4.04. The van der Waals surface area contributed by atoms with Crippen LogP contribution >= 0.6 is 11.3 Å². The van der Waals surface area contributed by atoms with Crippen molar-refractivity contribution in [1.29, 1.82) is 0 Å². The molecule has 1 aromatic rings. The molecule has 0 saturated carbocycles. The lowest BCUT2D eigenvalue weighted by molar-refractivity contribution is -0.119. The minimum atomic E-state index is 0.278. The van der Waals surface area contributed by atoms with Gasteiger partial charge in [0.2, 0.25) is 0 Å². The molecule has 0 bridgehead atoms. The highest BCUT2D eigenvalue weighted by Gasteiger charge is 2.18. The third-order valence-corrected chi connectivity index (χ3v) is 3.67. The second kappa shape index (κ2) is 5.52. The Morgan fingerprint density at radius 2 is 2.31 bits per heavy atom. The van der Waals surface area contributed by atoms with Crippen molar-refractivity contribution in [3.8, 4) is 0 Å². The Bertz CT molecular complexity index is 331. The Morgan fingerprint density at radius 3 is 2.94 bits per heavy atom. The van der Waals surface area contributed by atoms with E-state index in [1.165, 1.54) is 0 Å². The number of rotatable bonds is 4. The number of hydrogen-bond donors (Lipinski definition) is 1. The van der Waals surface area contributed by atoms with E-state index in [1.807, 2.05) is 0 Å². The lowest BCUT2D eigenvalue weighted by Crippen LogP contribution is -2.42. The normalized spacial score (nSPS) is 18.8. The van der Waals surface area contributed by atoms with Gasteiger partial charge in [-0.25, -0.2) is 0 Å². The van der Waals surface area contributed by atoms with Gasteiger partial charge in [-0.15, -0.1) is 11.3 Å². The number of carbonyl (C=O) groups is 1. The van der Waals surface area contributed by atoms with E-state index in [1.54, 1.807) is 23.0 Å². The van der Waals surface area contributed by atoms with Crippen LogP contribution in [0.2, 0.25) is 0 Å². The van der Waals surface area contributed by atoms with Crippen LogP contribution < -0.4 is 5.73 Å². The largest absolute Gasteiger partial charge is 0.328 e. The van der Waals surface area contributed by atoms with Gasteiger partial charge >= 0.3 is 0 Å². The van der Waals surface area contributed by atoms with Crippen molar-refractivity contribution >= 4 is 17.1 Å². The molecule has 0 aromatic carbocycles. The molecule has 0 unspecified atom stereocenters. The Balaban J connectivity index is 1.75. The van der Waals surface area contributed by atoms with E-state index < -0.39 is 0 Å². The summed E-state index contributed by atoms with van der Waals surface area (Å²) in [6.45, 7) is 2.47. The number of likely N-dealkylation sites (tertiary alicyclic amines) is 1. The number of nitrogens with two attached hydrogens (primary N) is 1. The fraction of sp³-hybridized carbons (Fsp3) is 0.636. The van der Waals surface area contributed by atoms with Crippen LogP contribution in [-0.2, 0) is 11.2 Å². The Hall–Kier alpha value is -0.780. The molecule has 5 heteroatoms. The first-order chi connectivity index (χ1) is 7.74. The zero-order valence-corrected chi connectivity index (χ0v) is 10.1. The standard InChI is InChI=1S/C11H17N3OS/c12-9-1-3-14(4-2-9)7-10(15)5-11-6-13-8-16-11/h6,8-9H,1-5,7,12H2. The van der Waals surface area contributed by atoms with E-state index >= 15 is 0 Å². The van der Waals surface area contributed by atoms with Crippen LogP contribution in [0, 0.1) is 0 Å². The summed E-state index contributed by atoms with van der Waals surface area (Å²) in [4.78, 5) is 19.0. The van der Waals surface area contributed by atoms with Gasteiger partial charge in [0.15, 0.2) is 5.78 Å². The van der Waals surface area contributed by atoms with Gasteiger partial charge in [-0.1, -0.05) is 0 Å². The van der Waals surface area contributed by atoms with Gasteiger partial charge in [0.1, 0.15) is 0 Å². The summed E-state index contributed by atoms with van der Waals surface area (Å²) in [7, 11) is 0. The molecule has 0 radical (unpaired) electrons. The highest BCUT2D eigenvalue weighted by atomic mass is 32.1. The highest BCUT2D eigenvalue weighted by Crippen LogP contribution is 2.10. The summed E-state index contributed by atoms with van der Waals surface area (Å²) in [6, 6.07) is 0.327. The van der Waals surface area contributed by atoms with E-state index in [2.05, 4.69) is 9.88 Å². The fourth-order valence-corrected chi connectivity index (χ4v) is 2.56. The maximum Gasteiger partial charge on any atom is 0.152 e. The summed E-state index contributed by atoms with van der Waals surface area (Å²) < 4.78 is 0. The molecule has 0 spiro atoms. The first kappa shape index (κ1) is 11.7. The molecule has 16 heavy (non-hydrogen) atoms. The van der Waals surface area contributed by atoms with E-state index in [0.717, 1.165) is 30.8 Å². The predicted molar refractivity (Wildman–Crippen MR) is 64.5 cm³/mol. The number of nitrogens with zero attached hydrogens (tertiary/aromatic N) is 2. The van der Waals surface area contributed by atoms with Crippen molar-refractivity contribution in [2.24, 2.45) is 5.73 Å². The van der Waals surface area contributed by atoms with Crippen molar-refractivity contribution in [3.05, 3.63) is 16.6 Å². The van der Waals surface area contributed by atoms with Crippen LogP contribution in [-0.4, -0.2) is 41.3 Å². The molecular weight excluding hydrogens is 222 g/mol. The first-order valence-corrected chi connectivity index (χ1v) is 6.49. The smallest absolute Gasteiger partial charge is 0.152 e. The number of ketones is 1. The van der Waals surface area contributed by atoms with Gasteiger partial charge in [-0.2, -0.15) is 0 Å². The second-order valence-corrected chi connectivity index (χ2v) is 5.27. The Morgan fingerprint density at radius 1 is 1.56 bits per heavy atom. The SMILES string of the molecule is NC1CCN(CC(=O)Cc2cncs2)CC1. The molecule has 88 valence electrons. The van der Waals surface area contributed by atoms with Gasteiger partial charge in [0, 0.05) is 36.6 Å². The van der Waals surface area contributed by atoms with Gasteiger partial charge in [0.05, 0.1) is 12.1 Å². The second-order valence-electron chi connectivity index (χ2n) is 4.30. The number of Topliss-reactive ketones (excluding diaryl/α,β-unsaturated/α-hetero) is 1. The first-order valence-electron chi connectivity index (χ1n) is 5.61. The lowest BCUT2D eigenvalue weighted by Gasteiger charge is -2.29. The summed E-state index contributed by atoms with van der Waals surface area (Å²) in [6.07, 6.45) is 4.31. The molecule has 4 nitrogen and oxygen atoms in total. The summed E-state index contributed by atoms with van der Waals surface area (Å²) >= 11 is 1.54. The third kappa shape index (κ3) is 3.37. The molecule has 0 atom stereocenters. The molecule has 1 saturated heterocycles. The molecular formula is C11H17N3OS.